The third-order valence-electron chi connectivity index (χ3n) is 3.76. The predicted octanol–water partition coefficient (Wildman–Crippen LogP) is 6.76. The van der Waals surface area contributed by atoms with E-state index in [4.69, 9.17) is 17.0 Å². The minimum absolute atomic E-state index is 0.826. The molecule has 0 atom stereocenters. The summed E-state index contributed by atoms with van der Waals surface area (Å²) in [6.07, 6.45) is 0. The fourth-order valence-corrected chi connectivity index (χ4v) is 2.86. The van der Waals surface area contributed by atoms with E-state index in [1.165, 1.54) is 32.7 Å². The summed E-state index contributed by atoms with van der Waals surface area (Å²) in [7, 11) is 9.87. The first-order chi connectivity index (χ1) is 10.8. The van der Waals surface area contributed by atoms with Crippen molar-refractivity contribution in [1.29, 1.82) is 0 Å². The second kappa shape index (κ2) is 7.51. The Hall–Kier alpha value is -1.01. The molecule has 0 N–H and O–H groups in total. The average Bonchev–Trinajstić information content (AvgIpc) is 3.04. The molecule has 4 aromatic carbocycles. The van der Waals surface area contributed by atoms with E-state index in [0.717, 1.165) is 0 Å². The van der Waals surface area contributed by atoms with Gasteiger partial charge in [-0.3, -0.25) is 0 Å². The van der Waals surface area contributed by atoms with E-state index in [9.17, 15) is 0 Å². The number of hydrogen-bond acceptors (Lipinski definition) is 0. The summed E-state index contributed by atoms with van der Waals surface area (Å²) in [6, 6.07) is 28.1. The van der Waals surface area contributed by atoms with Crippen molar-refractivity contribution in [3.8, 4) is 11.1 Å². The van der Waals surface area contributed by atoms with Crippen molar-refractivity contribution in [2.75, 3.05) is 0 Å². The molecule has 0 unspecified atom stereocenters. The maximum absolute atomic E-state index is 4.93. The van der Waals surface area contributed by atoms with Gasteiger partial charge in [-0.2, -0.15) is 12.1 Å². The van der Waals surface area contributed by atoms with Crippen LogP contribution in [0.5, 0.6) is 0 Å². The van der Waals surface area contributed by atoms with Gasteiger partial charge in [-0.1, -0.05) is 54.1 Å². The molecule has 0 saturated heterocycles. The van der Waals surface area contributed by atoms with Crippen LogP contribution in [0.3, 0.4) is 0 Å². The van der Waals surface area contributed by atoms with Crippen LogP contribution >= 0.6 is 17.0 Å². The zero-order valence-electron chi connectivity index (χ0n) is 11.8. The van der Waals surface area contributed by atoms with Crippen LogP contribution in [0.4, 0.5) is 0 Å². The molecule has 3 heteroatoms. The predicted molar refractivity (Wildman–Crippen MR) is 94.2 cm³/mol. The van der Waals surface area contributed by atoms with E-state index < -0.39 is 20.8 Å². The van der Waals surface area contributed by atoms with Crippen molar-refractivity contribution in [3.05, 3.63) is 78.9 Å². The van der Waals surface area contributed by atoms with Gasteiger partial charge >= 0.3 is 37.9 Å². The minimum atomic E-state index is -0.826. The Labute approximate surface area is 148 Å². The van der Waals surface area contributed by atoms with Crippen LogP contribution in [-0.4, -0.2) is 0 Å². The maximum atomic E-state index is 4.93. The second-order valence-corrected chi connectivity index (χ2v) is 8.66. The Balaban J connectivity index is 0.000000446. The molecule has 108 valence electrons. The van der Waals surface area contributed by atoms with E-state index in [1.54, 1.807) is 0 Å². The Morgan fingerprint density at radius 2 is 1.32 bits per heavy atom. The standard InChI is InChI=1S/C19H13.2ClH.Zr/c1-2-10-16-14(6-1)8-4-12-18(16)19-13-5-9-15-7-3-11-17(15)19;;;/h1-13H;2*1H;/q-1;;;+2/p-2. The van der Waals surface area contributed by atoms with Gasteiger partial charge in [-0.05, 0) is 16.3 Å². The first-order valence-corrected chi connectivity index (χ1v) is 13.3. The van der Waals surface area contributed by atoms with Gasteiger partial charge in [-0.15, -0.1) is 29.0 Å². The normalized spacial score (nSPS) is 10.3. The molecule has 0 nitrogen and oxygen atoms in total. The molecule has 0 bridgehead atoms. The van der Waals surface area contributed by atoms with E-state index in [1.807, 2.05) is 0 Å². The summed E-state index contributed by atoms with van der Waals surface area (Å²) in [5, 5.41) is 5.26. The fraction of sp³-hybridized carbons (Fsp3) is 0. The molecule has 0 aromatic heterocycles. The molecular formula is C19H13Cl2Zr-. The molecule has 0 radical (unpaired) electrons. The van der Waals surface area contributed by atoms with Crippen LogP contribution < -0.4 is 0 Å². The number of hydrogen-bond donors (Lipinski definition) is 0. The molecule has 0 aliphatic rings. The zero-order valence-corrected chi connectivity index (χ0v) is 15.7. The summed E-state index contributed by atoms with van der Waals surface area (Å²) >= 11 is -0.826. The van der Waals surface area contributed by atoms with E-state index in [2.05, 4.69) is 78.9 Å². The van der Waals surface area contributed by atoms with Gasteiger partial charge in [0.15, 0.2) is 0 Å². The third kappa shape index (κ3) is 3.18. The Kier molecular flexibility index (Phi) is 5.42. The first kappa shape index (κ1) is 15.9. The summed E-state index contributed by atoms with van der Waals surface area (Å²) in [6.45, 7) is 0. The van der Waals surface area contributed by atoms with Gasteiger partial charge in [0.25, 0.3) is 0 Å². The van der Waals surface area contributed by atoms with Crippen molar-refractivity contribution in [1.82, 2.24) is 0 Å². The number of rotatable bonds is 1. The number of fused-ring (bicyclic) bond motifs is 2. The Morgan fingerprint density at radius 3 is 2.14 bits per heavy atom. The molecule has 0 spiro atoms. The molecule has 0 fully saturated rings. The van der Waals surface area contributed by atoms with Crippen molar-refractivity contribution < 1.29 is 20.8 Å². The summed E-state index contributed by atoms with van der Waals surface area (Å²) < 4.78 is 0. The van der Waals surface area contributed by atoms with Gasteiger partial charge in [0.2, 0.25) is 0 Å². The van der Waals surface area contributed by atoms with Gasteiger partial charge in [-0.25, -0.2) is 0 Å². The molecular weight excluding hydrogens is 390 g/mol. The molecule has 4 rings (SSSR count). The fourth-order valence-electron chi connectivity index (χ4n) is 2.86. The minimum Gasteiger partial charge on any atom is -0.168 e. The van der Waals surface area contributed by atoms with Crippen LogP contribution in [0.2, 0.25) is 0 Å². The van der Waals surface area contributed by atoms with Crippen molar-refractivity contribution in [2.45, 2.75) is 0 Å². The van der Waals surface area contributed by atoms with Gasteiger partial charge in [0, 0.05) is 0 Å². The summed E-state index contributed by atoms with van der Waals surface area (Å²) in [5.74, 6) is 0. The van der Waals surface area contributed by atoms with Crippen LogP contribution in [0.1, 0.15) is 0 Å². The molecule has 0 amide bonds. The first-order valence-electron chi connectivity index (χ1n) is 6.94. The van der Waals surface area contributed by atoms with Crippen LogP contribution in [0, 0.1) is 0 Å². The molecule has 4 aromatic rings. The molecule has 0 saturated carbocycles. The van der Waals surface area contributed by atoms with E-state index in [-0.39, 0.29) is 0 Å². The van der Waals surface area contributed by atoms with Crippen LogP contribution in [-0.2, 0) is 20.8 Å². The van der Waals surface area contributed by atoms with E-state index >= 15 is 0 Å². The van der Waals surface area contributed by atoms with Crippen molar-refractivity contribution in [2.24, 2.45) is 0 Å². The third-order valence-corrected chi connectivity index (χ3v) is 3.76. The quantitative estimate of drug-likeness (QED) is 0.308. The van der Waals surface area contributed by atoms with E-state index in [0.29, 0.717) is 0 Å². The van der Waals surface area contributed by atoms with Crippen molar-refractivity contribution >= 4 is 38.6 Å². The molecule has 0 aliphatic carbocycles. The zero-order chi connectivity index (χ0) is 15.4. The Morgan fingerprint density at radius 1 is 0.682 bits per heavy atom. The van der Waals surface area contributed by atoms with Gasteiger partial charge < -0.3 is 0 Å². The van der Waals surface area contributed by atoms with Crippen LogP contribution in [0.25, 0.3) is 32.7 Å². The van der Waals surface area contributed by atoms with Crippen LogP contribution in [0.15, 0.2) is 78.9 Å². The monoisotopic (exact) mass is 401 g/mol. The molecule has 0 heterocycles. The second-order valence-electron chi connectivity index (χ2n) is 4.93. The number of benzene rings is 3. The smallest absolute Gasteiger partial charge is 0.0114 e. The number of halogens is 2. The maximum Gasteiger partial charge on any atom is -0.0114 e. The average molecular weight is 403 g/mol. The summed E-state index contributed by atoms with van der Waals surface area (Å²) in [5.41, 5.74) is 2.63. The Bertz CT molecular complexity index is 891. The largest absolute Gasteiger partial charge is 0.168 e. The summed E-state index contributed by atoms with van der Waals surface area (Å²) in [4.78, 5) is 0. The van der Waals surface area contributed by atoms with Gasteiger partial charge in [0.1, 0.15) is 0 Å². The molecule has 0 aliphatic heterocycles. The van der Waals surface area contributed by atoms with Crippen molar-refractivity contribution in [3.63, 3.8) is 0 Å². The van der Waals surface area contributed by atoms with Gasteiger partial charge in [0.05, 0.1) is 0 Å². The molecule has 22 heavy (non-hydrogen) atoms. The topological polar surface area (TPSA) is 0 Å². The SMILES string of the molecule is [Cl][Zr][Cl].c1ccc2c(-c3cccc4[cH-]ccc34)cccc2c1.